The minimum Gasteiger partial charge on any atom is -0.356 e. The standard InChI is InChI=1S/C24H26F2N4/c1-29(24-20-9-5-6-10-21(20)27-23(28-24)22(25)26)19-13-17-11-12-18(14-19)30(17)15-16-7-3-2-4-8-16/h2-10,17-19,22H,11-15H2,1H3. The van der Waals surface area contributed by atoms with Crippen molar-refractivity contribution in [3.05, 3.63) is 66.0 Å². The van der Waals surface area contributed by atoms with Crippen molar-refractivity contribution in [2.24, 2.45) is 0 Å². The van der Waals surface area contributed by atoms with Crippen LogP contribution in [0.15, 0.2) is 54.6 Å². The molecule has 1 aromatic heterocycles. The number of hydrogen-bond acceptors (Lipinski definition) is 4. The van der Waals surface area contributed by atoms with Gasteiger partial charge in [0.25, 0.3) is 6.43 Å². The highest BCUT2D eigenvalue weighted by Gasteiger charge is 2.42. The lowest BCUT2D eigenvalue weighted by Crippen LogP contribution is -2.49. The van der Waals surface area contributed by atoms with Crippen LogP contribution in [-0.2, 0) is 6.54 Å². The molecule has 0 amide bonds. The Labute approximate surface area is 175 Å². The summed E-state index contributed by atoms with van der Waals surface area (Å²) in [7, 11) is 2.00. The third-order valence-corrected chi connectivity index (χ3v) is 6.74. The van der Waals surface area contributed by atoms with Gasteiger partial charge in [0.05, 0.1) is 5.52 Å². The van der Waals surface area contributed by atoms with Crippen molar-refractivity contribution in [2.45, 2.75) is 56.8 Å². The van der Waals surface area contributed by atoms with E-state index in [0.717, 1.165) is 24.8 Å². The molecule has 0 N–H and O–H groups in total. The second kappa shape index (κ2) is 7.91. The highest BCUT2D eigenvalue weighted by atomic mass is 19.3. The third-order valence-electron chi connectivity index (χ3n) is 6.74. The highest BCUT2D eigenvalue weighted by Crippen LogP contribution is 2.40. The quantitative estimate of drug-likeness (QED) is 0.581. The number of alkyl halides is 2. The number of aromatic nitrogens is 2. The van der Waals surface area contributed by atoms with Crippen molar-refractivity contribution in [2.75, 3.05) is 11.9 Å². The van der Waals surface area contributed by atoms with Crippen LogP contribution in [-0.4, -0.2) is 40.0 Å². The van der Waals surface area contributed by atoms with Gasteiger partial charge in [0.15, 0.2) is 5.82 Å². The van der Waals surface area contributed by atoms with Crippen LogP contribution in [0, 0.1) is 0 Å². The van der Waals surface area contributed by atoms with Crippen molar-refractivity contribution in [3.8, 4) is 0 Å². The minimum absolute atomic E-state index is 0.290. The lowest BCUT2D eigenvalue weighted by Gasteiger charge is -2.42. The predicted molar refractivity (Wildman–Crippen MR) is 115 cm³/mol. The number of fused-ring (bicyclic) bond motifs is 3. The summed E-state index contributed by atoms with van der Waals surface area (Å²) in [6, 6.07) is 19.4. The predicted octanol–water partition coefficient (Wildman–Crippen LogP) is 5.20. The fraction of sp³-hybridized carbons (Fsp3) is 0.417. The summed E-state index contributed by atoms with van der Waals surface area (Å²) < 4.78 is 26.8. The summed E-state index contributed by atoms with van der Waals surface area (Å²) in [4.78, 5) is 13.1. The zero-order valence-corrected chi connectivity index (χ0v) is 17.1. The summed E-state index contributed by atoms with van der Waals surface area (Å²) >= 11 is 0. The van der Waals surface area contributed by atoms with Crippen LogP contribution in [0.4, 0.5) is 14.6 Å². The lowest BCUT2D eigenvalue weighted by atomic mass is 9.95. The monoisotopic (exact) mass is 408 g/mol. The molecule has 156 valence electrons. The van der Waals surface area contributed by atoms with Gasteiger partial charge in [-0.2, -0.15) is 0 Å². The van der Waals surface area contributed by atoms with Gasteiger partial charge in [-0.05, 0) is 43.4 Å². The van der Waals surface area contributed by atoms with Crippen molar-refractivity contribution < 1.29 is 8.78 Å². The van der Waals surface area contributed by atoms with Crippen LogP contribution >= 0.6 is 0 Å². The molecular weight excluding hydrogens is 382 g/mol. The topological polar surface area (TPSA) is 32.3 Å². The molecule has 3 aromatic rings. The average molecular weight is 408 g/mol. The molecular formula is C24H26F2N4. The van der Waals surface area contributed by atoms with Crippen molar-refractivity contribution in [3.63, 3.8) is 0 Å². The zero-order valence-electron chi connectivity index (χ0n) is 17.1. The zero-order chi connectivity index (χ0) is 20.7. The SMILES string of the molecule is CN(c1nc(C(F)F)nc2ccccc12)C1CC2CCC(C1)N2Cc1ccccc1. The highest BCUT2D eigenvalue weighted by molar-refractivity contribution is 5.89. The fourth-order valence-corrected chi connectivity index (χ4v) is 5.23. The number of rotatable bonds is 5. The number of anilines is 1. The number of nitrogens with zero attached hydrogens (tertiary/aromatic N) is 4. The molecule has 2 fully saturated rings. The van der Waals surface area contributed by atoms with E-state index < -0.39 is 6.43 Å². The lowest BCUT2D eigenvalue weighted by molar-refractivity contribution is 0.118. The van der Waals surface area contributed by atoms with E-state index in [9.17, 15) is 8.78 Å². The molecule has 2 atom stereocenters. The molecule has 2 unspecified atom stereocenters. The summed E-state index contributed by atoms with van der Waals surface area (Å²) in [6.45, 7) is 0.985. The van der Waals surface area contributed by atoms with E-state index in [-0.39, 0.29) is 5.82 Å². The largest absolute Gasteiger partial charge is 0.356 e. The first-order chi connectivity index (χ1) is 14.6. The minimum atomic E-state index is -2.68. The van der Waals surface area contributed by atoms with Gasteiger partial charge in [0.1, 0.15) is 5.82 Å². The maximum Gasteiger partial charge on any atom is 0.297 e. The molecule has 4 nitrogen and oxygen atoms in total. The van der Waals surface area contributed by atoms with Gasteiger partial charge in [-0.15, -0.1) is 0 Å². The summed E-state index contributed by atoms with van der Waals surface area (Å²) in [5.74, 6) is 0.233. The number of halogens is 2. The Balaban J connectivity index is 1.40. The van der Waals surface area contributed by atoms with Crippen LogP contribution in [0.2, 0.25) is 0 Å². The smallest absolute Gasteiger partial charge is 0.297 e. The van der Waals surface area contributed by atoms with E-state index in [4.69, 9.17) is 0 Å². The number of benzene rings is 2. The molecule has 0 saturated carbocycles. The molecule has 2 bridgehead atoms. The number of hydrogen-bond donors (Lipinski definition) is 0. The van der Waals surface area contributed by atoms with Gasteiger partial charge in [-0.3, -0.25) is 4.90 Å². The first-order valence-corrected chi connectivity index (χ1v) is 10.7. The van der Waals surface area contributed by atoms with Crippen LogP contribution < -0.4 is 4.90 Å². The third kappa shape index (κ3) is 3.54. The van der Waals surface area contributed by atoms with Crippen molar-refractivity contribution in [1.29, 1.82) is 0 Å². The summed E-state index contributed by atoms with van der Waals surface area (Å²) in [6.07, 6.45) is 1.79. The van der Waals surface area contributed by atoms with E-state index >= 15 is 0 Å². The van der Waals surface area contributed by atoms with E-state index in [1.54, 1.807) is 6.07 Å². The van der Waals surface area contributed by atoms with Crippen LogP contribution in [0.5, 0.6) is 0 Å². The van der Waals surface area contributed by atoms with Gasteiger partial charge in [-0.25, -0.2) is 18.7 Å². The molecule has 0 spiro atoms. The van der Waals surface area contributed by atoms with Gasteiger partial charge in [0.2, 0.25) is 0 Å². The Hall–Kier alpha value is -2.60. The molecule has 2 aliphatic rings. The van der Waals surface area contributed by atoms with Crippen LogP contribution in [0.25, 0.3) is 10.9 Å². The molecule has 30 heavy (non-hydrogen) atoms. The second-order valence-corrected chi connectivity index (χ2v) is 8.50. The second-order valence-electron chi connectivity index (χ2n) is 8.50. The molecule has 2 saturated heterocycles. The van der Waals surface area contributed by atoms with Gasteiger partial charge in [0, 0.05) is 37.1 Å². The Bertz CT molecular complexity index is 1010. The van der Waals surface area contributed by atoms with Gasteiger partial charge < -0.3 is 4.90 Å². The van der Waals surface area contributed by atoms with Gasteiger partial charge in [-0.1, -0.05) is 42.5 Å². The first-order valence-electron chi connectivity index (χ1n) is 10.7. The molecule has 0 radical (unpaired) electrons. The normalized spacial score (nSPS) is 23.9. The van der Waals surface area contributed by atoms with Gasteiger partial charge >= 0.3 is 0 Å². The maximum atomic E-state index is 13.4. The Morgan fingerprint density at radius 2 is 1.63 bits per heavy atom. The Morgan fingerprint density at radius 3 is 2.33 bits per heavy atom. The van der Waals surface area contributed by atoms with Crippen LogP contribution in [0.1, 0.15) is 43.5 Å². The maximum absolute atomic E-state index is 13.4. The number of para-hydroxylation sites is 1. The molecule has 5 rings (SSSR count). The molecule has 2 aromatic carbocycles. The Kier molecular flexibility index (Phi) is 5.11. The molecule has 6 heteroatoms. The van der Waals surface area contributed by atoms with E-state index in [0.29, 0.717) is 29.5 Å². The summed E-state index contributed by atoms with van der Waals surface area (Å²) in [5.41, 5.74) is 1.93. The first kappa shape index (κ1) is 19.4. The molecule has 2 aliphatic heterocycles. The van der Waals surface area contributed by atoms with Crippen molar-refractivity contribution in [1.82, 2.24) is 14.9 Å². The van der Waals surface area contributed by atoms with Crippen molar-refractivity contribution >= 4 is 16.7 Å². The Morgan fingerprint density at radius 1 is 0.967 bits per heavy atom. The molecule has 3 heterocycles. The van der Waals surface area contributed by atoms with E-state index in [1.165, 1.54) is 18.4 Å². The van der Waals surface area contributed by atoms with Crippen LogP contribution in [0.3, 0.4) is 0 Å². The molecule has 0 aliphatic carbocycles. The summed E-state index contributed by atoms with van der Waals surface area (Å²) in [5, 5.41) is 0.837. The fourth-order valence-electron chi connectivity index (χ4n) is 5.23. The van der Waals surface area contributed by atoms with E-state index in [2.05, 4.69) is 50.1 Å². The van der Waals surface area contributed by atoms with E-state index in [1.807, 2.05) is 25.2 Å². The number of piperidine rings is 1. The average Bonchev–Trinajstić information content (AvgIpc) is 2.99.